The Balaban J connectivity index is 1.70. The van der Waals surface area contributed by atoms with Crippen molar-refractivity contribution < 1.29 is 14.3 Å². The fourth-order valence-corrected chi connectivity index (χ4v) is 4.58. The zero-order valence-electron chi connectivity index (χ0n) is 18.2. The fraction of sp³-hybridized carbons (Fsp3) is 0.0714. The van der Waals surface area contributed by atoms with Gasteiger partial charge in [-0.3, -0.25) is 10.1 Å². The van der Waals surface area contributed by atoms with Gasteiger partial charge in [0.05, 0.1) is 18.6 Å². The smallest absolute Gasteiger partial charge is 0.261 e. The van der Waals surface area contributed by atoms with Crippen LogP contribution in [0.5, 0.6) is 11.5 Å². The Hall–Kier alpha value is -4.27. The Morgan fingerprint density at radius 1 is 1.00 bits per heavy atom. The van der Waals surface area contributed by atoms with Crippen LogP contribution in [0.25, 0.3) is 10.8 Å². The molecule has 4 aromatic carbocycles. The predicted octanol–water partition coefficient (Wildman–Crippen LogP) is 6.19. The van der Waals surface area contributed by atoms with Crippen LogP contribution < -0.4 is 14.8 Å². The van der Waals surface area contributed by atoms with Gasteiger partial charge in [-0.15, -0.1) is 0 Å². The molecule has 0 spiro atoms. The van der Waals surface area contributed by atoms with Crippen LogP contribution in [0.3, 0.4) is 0 Å². The maximum Gasteiger partial charge on any atom is 0.261 e. The number of hydrogen-bond donors (Lipinski definition) is 1. The van der Waals surface area contributed by atoms with Gasteiger partial charge in [-0.1, -0.05) is 72.3 Å². The van der Waals surface area contributed by atoms with E-state index < -0.39 is 11.8 Å². The number of halogens is 1. The molecule has 1 amide bonds. The highest BCUT2D eigenvalue weighted by atomic mass is 35.5. The van der Waals surface area contributed by atoms with Gasteiger partial charge in [-0.25, -0.2) is 0 Å². The van der Waals surface area contributed by atoms with E-state index in [1.807, 2.05) is 54.6 Å². The molecule has 5 rings (SSSR count). The number of methoxy groups -OCH3 is 1. The van der Waals surface area contributed by atoms with Crippen molar-refractivity contribution >= 4 is 28.3 Å². The molecule has 4 aromatic rings. The van der Waals surface area contributed by atoms with Gasteiger partial charge >= 0.3 is 0 Å². The number of benzene rings is 4. The molecule has 1 N–H and O–H groups in total. The maximum absolute atomic E-state index is 13.1. The lowest BCUT2D eigenvalue weighted by Crippen LogP contribution is -2.31. The van der Waals surface area contributed by atoms with Crippen LogP contribution in [0.1, 0.15) is 27.4 Å². The quantitative estimate of drug-likeness (QED) is 0.389. The SMILES string of the molecule is COc1ccccc1C(=O)NC1=C(C#N)[C@H](c2ccccc2Cl)c2c(ccc3ccccc23)O1. The van der Waals surface area contributed by atoms with Crippen LogP contribution in [0.15, 0.2) is 96.4 Å². The molecule has 6 heteroatoms. The molecule has 0 saturated heterocycles. The lowest BCUT2D eigenvalue weighted by molar-refractivity contribution is 0.0944. The third-order valence-electron chi connectivity index (χ3n) is 5.88. The van der Waals surface area contributed by atoms with E-state index in [-0.39, 0.29) is 11.5 Å². The van der Waals surface area contributed by atoms with Gasteiger partial charge in [-0.2, -0.15) is 5.26 Å². The largest absolute Gasteiger partial charge is 0.496 e. The molecule has 0 aliphatic carbocycles. The van der Waals surface area contributed by atoms with Crippen molar-refractivity contribution in [2.24, 2.45) is 0 Å². The highest BCUT2D eigenvalue weighted by molar-refractivity contribution is 6.31. The van der Waals surface area contributed by atoms with Crippen molar-refractivity contribution in [1.29, 1.82) is 5.26 Å². The summed E-state index contributed by atoms with van der Waals surface area (Å²) in [5, 5.41) is 15.5. The zero-order valence-corrected chi connectivity index (χ0v) is 19.0. The van der Waals surface area contributed by atoms with Crippen molar-refractivity contribution in [2.45, 2.75) is 5.92 Å². The number of ether oxygens (including phenoxy) is 2. The van der Waals surface area contributed by atoms with Gasteiger partial charge in [-0.05, 0) is 40.6 Å². The van der Waals surface area contributed by atoms with Crippen LogP contribution in [0.2, 0.25) is 5.02 Å². The molecule has 1 atom stereocenters. The minimum atomic E-state index is -0.526. The van der Waals surface area contributed by atoms with Crippen LogP contribution in [-0.4, -0.2) is 13.0 Å². The maximum atomic E-state index is 13.1. The molecule has 166 valence electrons. The first-order valence-electron chi connectivity index (χ1n) is 10.6. The molecule has 5 nitrogen and oxygen atoms in total. The number of fused-ring (bicyclic) bond motifs is 3. The van der Waals surface area contributed by atoms with E-state index in [1.54, 1.807) is 30.3 Å². The number of rotatable bonds is 4. The Bertz CT molecular complexity index is 1500. The van der Waals surface area contributed by atoms with Crippen molar-refractivity contribution in [3.63, 3.8) is 0 Å². The van der Waals surface area contributed by atoms with E-state index in [1.165, 1.54) is 7.11 Å². The Kier molecular flexibility index (Phi) is 5.67. The highest BCUT2D eigenvalue weighted by Gasteiger charge is 2.35. The minimum Gasteiger partial charge on any atom is -0.496 e. The topological polar surface area (TPSA) is 71.3 Å². The Morgan fingerprint density at radius 2 is 1.74 bits per heavy atom. The van der Waals surface area contributed by atoms with Crippen molar-refractivity contribution in [1.82, 2.24) is 5.32 Å². The predicted molar refractivity (Wildman–Crippen MR) is 131 cm³/mol. The molecule has 34 heavy (non-hydrogen) atoms. The van der Waals surface area contributed by atoms with E-state index in [9.17, 15) is 10.1 Å². The summed E-state index contributed by atoms with van der Waals surface area (Å²) < 4.78 is 11.5. The second kappa shape index (κ2) is 8.93. The van der Waals surface area contributed by atoms with Gasteiger partial charge in [0.1, 0.15) is 23.1 Å². The van der Waals surface area contributed by atoms with Gasteiger partial charge in [0, 0.05) is 10.6 Å². The lowest BCUT2D eigenvalue weighted by atomic mass is 9.81. The van der Waals surface area contributed by atoms with Crippen molar-refractivity contribution in [3.05, 3.63) is 118 Å². The van der Waals surface area contributed by atoms with Gasteiger partial charge in [0.25, 0.3) is 5.91 Å². The number of nitriles is 1. The van der Waals surface area contributed by atoms with Crippen LogP contribution >= 0.6 is 11.6 Å². The normalized spacial score (nSPS) is 14.7. The van der Waals surface area contributed by atoms with E-state index in [2.05, 4.69) is 11.4 Å². The highest BCUT2D eigenvalue weighted by Crippen LogP contribution is 2.47. The summed E-state index contributed by atoms with van der Waals surface area (Å²) in [5.74, 6) is 0.0804. The number of carbonyl (C=O) groups is 1. The molecule has 0 aromatic heterocycles. The lowest BCUT2D eigenvalue weighted by Gasteiger charge is -2.30. The van der Waals surface area contributed by atoms with E-state index in [4.69, 9.17) is 21.1 Å². The van der Waals surface area contributed by atoms with Crippen LogP contribution in [0, 0.1) is 11.3 Å². The number of amides is 1. The molecule has 0 fully saturated rings. The Morgan fingerprint density at radius 3 is 2.53 bits per heavy atom. The molecule has 0 unspecified atom stereocenters. The van der Waals surface area contributed by atoms with Crippen LogP contribution in [0.4, 0.5) is 0 Å². The number of carbonyl (C=O) groups excluding carboxylic acids is 1. The molecule has 1 aliphatic rings. The third kappa shape index (κ3) is 3.64. The number of nitrogens with one attached hydrogen (secondary N) is 1. The van der Waals surface area contributed by atoms with Crippen molar-refractivity contribution in [2.75, 3.05) is 7.11 Å². The van der Waals surface area contributed by atoms with E-state index >= 15 is 0 Å². The summed E-state index contributed by atoms with van der Waals surface area (Å²) in [4.78, 5) is 13.1. The summed E-state index contributed by atoms with van der Waals surface area (Å²) in [6.07, 6.45) is 0. The molecule has 1 aliphatic heterocycles. The standard InChI is InChI=1S/C28H19ClN2O3/c1-33-23-13-7-5-11-20(23)27(32)31-28-21(16-30)25(19-10-4-6-12-22(19)29)26-18-9-3-2-8-17(18)14-15-24(26)34-28/h2-15,25H,1H3,(H,31,32)/t25-/m0/s1. The zero-order chi connectivity index (χ0) is 23.7. The second-order valence-electron chi connectivity index (χ2n) is 7.76. The Labute approximate surface area is 201 Å². The monoisotopic (exact) mass is 466 g/mol. The number of allylic oxidation sites excluding steroid dienone is 1. The average molecular weight is 467 g/mol. The molecular formula is C28H19ClN2O3. The van der Waals surface area contributed by atoms with Gasteiger partial charge in [0.15, 0.2) is 0 Å². The fourth-order valence-electron chi connectivity index (χ4n) is 4.33. The molecule has 1 heterocycles. The summed E-state index contributed by atoms with van der Waals surface area (Å²) in [6, 6.07) is 28.3. The number of nitrogens with zero attached hydrogens (tertiary/aromatic N) is 1. The molecular weight excluding hydrogens is 448 g/mol. The third-order valence-corrected chi connectivity index (χ3v) is 6.22. The summed E-state index contributed by atoms with van der Waals surface area (Å²) >= 11 is 6.61. The number of para-hydroxylation sites is 1. The number of hydrogen-bond acceptors (Lipinski definition) is 4. The minimum absolute atomic E-state index is 0.0751. The van der Waals surface area contributed by atoms with E-state index in [0.29, 0.717) is 22.1 Å². The molecule has 0 bridgehead atoms. The van der Waals surface area contributed by atoms with Crippen LogP contribution in [-0.2, 0) is 0 Å². The van der Waals surface area contributed by atoms with Gasteiger partial charge < -0.3 is 9.47 Å². The second-order valence-corrected chi connectivity index (χ2v) is 8.17. The first-order chi connectivity index (χ1) is 16.6. The average Bonchev–Trinajstić information content (AvgIpc) is 2.88. The molecule has 0 saturated carbocycles. The first-order valence-corrected chi connectivity index (χ1v) is 11.0. The molecule has 0 radical (unpaired) electrons. The van der Waals surface area contributed by atoms with E-state index in [0.717, 1.165) is 21.9 Å². The first kappa shape index (κ1) is 21.6. The summed E-state index contributed by atoms with van der Waals surface area (Å²) in [6.45, 7) is 0. The summed E-state index contributed by atoms with van der Waals surface area (Å²) in [5.41, 5.74) is 2.18. The van der Waals surface area contributed by atoms with Crippen molar-refractivity contribution in [3.8, 4) is 17.6 Å². The summed E-state index contributed by atoms with van der Waals surface area (Å²) in [7, 11) is 1.50. The van der Waals surface area contributed by atoms with Gasteiger partial charge in [0.2, 0.25) is 5.88 Å².